The molecule has 1 aliphatic heterocycles. The van der Waals surface area contributed by atoms with E-state index >= 15 is 0 Å². The second-order valence-electron chi connectivity index (χ2n) is 9.31. The third-order valence-electron chi connectivity index (χ3n) is 6.30. The van der Waals surface area contributed by atoms with E-state index < -0.39 is 0 Å². The molecule has 0 saturated carbocycles. The molecule has 188 valence electrons. The number of benzene rings is 1. The minimum absolute atomic E-state index is 0.00295. The molecule has 2 amide bonds. The molecule has 1 unspecified atom stereocenters. The largest absolute Gasteiger partial charge is 0.460 e. The number of methoxy groups -OCH3 is 1. The van der Waals surface area contributed by atoms with E-state index in [9.17, 15) is 9.59 Å². The van der Waals surface area contributed by atoms with Crippen LogP contribution < -0.4 is 10.1 Å². The Morgan fingerprint density at radius 1 is 1.28 bits per heavy atom. The van der Waals surface area contributed by atoms with Crippen LogP contribution >= 0.6 is 11.3 Å². The summed E-state index contributed by atoms with van der Waals surface area (Å²) in [4.78, 5) is 32.9. The number of rotatable bonds is 7. The van der Waals surface area contributed by atoms with Crippen LogP contribution in [0.2, 0.25) is 0 Å². The number of fused-ring (bicyclic) bond motifs is 2. The maximum Gasteiger partial charge on any atom is 0.264 e. The fourth-order valence-electron chi connectivity index (χ4n) is 4.72. The molecule has 4 aromatic rings. The molecule has 8 nitrogen and oxygen atoms in total. The first-order chi connectivity index (χ1) is 17.4. The zero-order valence-corrected chi connectivity index (χ0v) is 21.6. The first-order valence-electron chi connectivity index (χ1n) is 12.1. The Morgan fingerprint density at radius 2 is 2.11 bits per heavy atom. The number of nitrogens with one attached hydrogen (secondary N) is 1. The molecule has 3 aromatic heterocycles. The minimum Gasteiger partial charge on any atom is -0.460 e. The average Bonchev–Trinajstić information content (AvgIpc) is 3.54. The predicted molar refractivity (Wildman–Crippen MR) is 139 cm³/mol. The number of ether oxygens (including phenoxy) is 2. The number of carbonyl (C=O) groups excluding carboxylic acids is 2. The van der Waals surface area contributed by atoms with Gasteiger partial charge in [0.1, 0.15) is 22.8 Å². The zero-order valence-electron chi connectivity index (χ0n) is 20.8. The molecular formula is C27H29N3O5S. The van der Waals surface area contributed by atoms with Crippen molar-refractivity contribution in [2.75, 3.05) is 20.3 Å². The lowest BCUT2D eigenvalue weighted by Crippen LogP contribution is -2.37. The molecule has 0 spiro atoms. The van der Waals surface area contributed by atoms with Gasteiger partial charge >= 0.3 is 0 Å². The number of furan rings is 1. The number of thiophene rings is 1. The highest BCUT2D eigenvalue weighted by molar-refractivity contribution is 7.21. The van der Waals surface area contributed by atoms with Crippen molar-refractivity contribution in [1.29, 1.82) is 0 Å². The molecule has 1 atom stereocenters. The van der Waals surface area contributed by atoms with Gasteiger partial charge in [-0.15, -0.1) is 11.3 Å². The second kappa shape index (κ2) is 9.91. The lowest BCUT2D eigenvalue weighted by molar-refractivity contribution is 0.0635. The molecule has 0 radical (unpaired) electrons. The first kappa shape index (κ1) is 24.3. The zero-order chi connectivity index (χ0) is 25.4. The van der Waals surface area contributed by atoms with Crippen LogP contribution in [0.25, 0.3) is 21.2 Å². The fourth-order valence-corrected chi connectivity index (χ4v) is 5.74. The molecular weight excluding hydrogens is 478 g/mol. The van der Waals surface area contributed by atoms with Gasteiger partial charge in [-0.05, 0) is 51.8 Å². The summed E-state index contributed by atoms with van der Waals surface area (Å²) in [6.45, 7) is 6.90. The van der Waals surface area contributed by atoms with Gasteiger partial charge < -0.3 is 24.1 Å². The number of aromatic nitrogens is 1. The van der Waals surface area contributed by atoms with Gasteiger partial charge in [-0.1, -0.05) is 0 Å². The summed E-state index contributed by atoms with van der Waals surface area (Å²) < 4.78 is 18.2. The molecule has 1 N–H and O–H groups in total. The number of amides is 2. The van der Waals surface area contributed by atoms with Crippen LogP contribution in [0.15, 0.2) is 40.9 Å². The Balaban J connectivity index is 1.42. The van der Waals surface area contributed by atoms with Crippen LogP contribution in [0.1, 0.15) is 52.5 Å². The van der Waals surface area contributed by atoms with Crippen molar-refractivity contribution < 1.29 is 23.5 Å². The second-order valence-corrected chi connectivity index (χ2v) is 10.4. The lowest BCUT2D eigenvalue weighted by Gasteiger charge is -2.23. The quantitative estimate of drug-likeness (QED) is 0.353. The molecule has 1 fully saturated rings. The highest BCUT2D eigenvalue weighted by Crippen LogP contribution is 2.37. The topological polar surface area (TPSA) is 93.9 Å². The average molecular weight is 508 g/mol. The number of carbonyl (C=O) groups is 2. The molecule has 4 heterocycles. The number of hydrogen-bond donors (Lipinski definition) is 1. The standard InChI is InChI=1S/C27H29N3O5S/c1-15(2)29-26(31)24-16(3)34-22-12-18(7-8-19(22)24)35-21-9-10-28-20-13-23(36-25(20)21)27(32)30-11-5-6-17(30)14-33-4/h7-10,12-13,15,17H,5-6,11,14H2,1-4H3,(H,29,31). The van der Waals surface area contributed by atoms with Gasteiger partial charge in [0.2, 0.25) is 0 Å². The highest BCUT2D eigenvalue weighted by Gasteiger charge is 2.30. The van der Waals surface area contributed by atoms with E-state index in [2.05, 4.69) is 10.3 Å². The van der Waals surface area contributed by atoms with Gasteiger partial charge in [0.25, 0.3) is 11.8 Å². The molecule has 1 saturated heterocycles. The van der Waals surface area contributed by atoms with Gasteiger partial charge in [-0.3, -0.25) is 14.6 Å². The smallest absolute Gasteiger partial charge is 0.264 e. The Labute approximate surface area is 213 Å². The molecule has 1 aromatic carbocycles. The molecule has 0 aliphatic carbocycles. The highest BCUT2D eigenvalue weighted by atomic mass is 32.1. The van der Waals surface area contributed by atoms with Crippen molar-refractivity contribution in [3.05, 3.63) is 52.7 Å². The Morgan fingerprint density at radius 3 is 2.89 bits per heavy atom. The van der Waals surface area contributed by atoms with E-state index in [4.69, 9.17) is 13.9 Å². The van der Waals surface area contributed by atoms with Crippen molar-refractivity contribution in [2.45, 2.75) is 45.7 Å². The summed E-state index contributed by atoms with van der Waals surface area (Å²) >= 11 is 1.38. The van der Waals surface area contributed by atoms with E-state index in [-0.39, 0.29) is 23.9 Å². The van der Waals surface area contributed by atoms with Crippen LogP contribution in [-0.4, -0.2) is 54.0 Å². The van der Waals surface area contributed by atoms with Gasteiger partial charge in [0.05, 0.1) is 33.3 Å². The number of hydrogen-bond acceptors (Lipinski definition) is 7. The van der Waals surface area contributed by atoms with Crippen LogP contribution in [0.3, 0.4) is 0 Å². The van der Waals surface area contributed by atoms with E-state index in [1.165, 1.54) is 11.3 Å². The van der Waals surface area contributed by atoms with E-state index in [1.807, 2.05) is 36.9 Å². The van der Waals surface area contributed by atoms with Crippen LogP contribution in [0.5, 0.6) is 11.5 Å². The van der Waals surface area contributed by atoms with Crippen molar-refractivity contribution in [3.63, 3.8) is 0 Å². The van der Waals surface area contributed by atoms with E-state index in [0.29, 0.717) is 45.4 Å². The maximum absolute atomic E-state index is 13.2. The van der Waals surface area contributed by atoms with Crippen molar-refractivity contribution in [3.8, 4) is 11.5 Å². The van der Waals surface area contributed by atoms with Crippen LogP contribution in [0, 0.1) is 6.92 Å². The maximum atomic E-state index is 13.2. The van der Waals surface area contributed by atoms with Gasteiger partial charge in [0.15, 0.2) is 0 Å². The van der Waals surface area contributed by atoms with Gasteiger partial charge in [-0.2, -0.15) is 0 Å². The summed E-state index contributed by atoms with van der Waals surface area (Å²) in [6.07, 6.45) is 3.60. The third kappa shape index (κ3) is 4.56. The Kier molecular flexibility index (Phi) is 6.68. The number of pyridine rings is 1. The van der Waals surface area contributed by atoms with Crippen molar-refractivity contribution in [2.24, 2.45) is 0 Å². The summed E-state index contributed by atoms with van der Waals surface area (Å²) in [6, 6.07) is 9.17. The summed E-state index contributed by atoms with van der Waals surface area (Å²) in [7, 11) is 1.66. The van der Waals surface area contributed by atoms with Crippen molar-refractivity contribution in [1.82, 2.24) is 15.2 Å². The lowest BCUT2D eigenvalue weighted by atomic mass is 10.1. The number of aryl methyl sites for hydroxylation is 1. The SMILES string of the molecule is COCC1CCCN1C(=O)c1cc2nccc(Oc3ccc4c(C(=O)NC(C)C)c(C)oc4c3)c2s1. The number of nitrogens with zero attached hydrogens (tertiary/aromatic N) is 2. The number of likely N-dealkylation sites (tertiary alicyclic amines) is 1. The van der Waals surface area contributed by atoms with Crippen LogP contribution in [0.4, 0.5) is 0 Å². The Hall–Kier alpha value is -3.43. The molecule has 1 aliphatic rings. The van der Waals surface area contributed by atoms with Gasteiger partial charge in [-0.25, -0.2) is 0 Å². The molecule has 5 rings (SSSR count). The normalized spacial score (nSPS) is 15.8. The molecule has 9 heteroatoms. The summed E-state index contributed by atoms with van der Waals surface area (Å²) in [5, 5.41) is 3.65. The Bertz CT molecular complexity index is 1440. The minimum atomic E-state index is -0.160. The molecule has 36 heavy (non-hydrogen) atoms. The fraction of sp³-hybridized carbons (Fsp3) is 0.370. The molecule has 0 bridgehead atoms. The predicted octanol–water partition coefficient (Wildman–Crippen LogP) is 5.53. The monoisotopic (exact) mass is 507 g/mol. The van der Waals surface area contributed by atoms with Crippen LogP contribution in [-0.2, 0) is 4.74 Å². The van der Waals surface area contributed by atoms with Crippen molar-refractivity contribution >= 4 is 44.3 Å². The van der Waals surface area contributed by atoms with E-state index in [0.717, 1.165) is 29.5 Å². The summed E-state index contributed by atoms with van der Waals surface area (Å²) in [5.41, 5.74) is 1.82. The summed E-state index contributed by atoms with van der Waals surface area (Å²) in [5.74, 6) is 1.58. The van der Waals surface area contributed by atoms with E-state index in [1.54, 1.807) is 32.4 Å². The first-order valence-corrected chi connectivity index (χ1v) is 12.9. The third-order valence-corrected chi connectivity index (χ3v) is 7.42. The van der Waals surface area contributed by atoms with Gasteiger partial charge in [0, 0.05) is 43.4 Å².